The quantitative estimate of drug-likeness (QED) is 0.548. The number of nitrogens with zero attached hydrogens (tertiary/aromatic N) is 1. The van der Waals surface area contributed by atoms with Crippen molar-refractivity contribution in [3.8, 4) is 0 Å². The molecule has 0 radical (unpaired) electrons. The molecule has 2 atom stereocenters. The number of hydrogen-bond acceptors (Lipinski definition) is 5. The fourth-order valence-electron chi connectivity index (χ4n) is 3.07. The Morgan fingerprint density at radius 3 is 2.42 bits per heavy atom. The van der Waals surface area contributed by atoms with E-state index in [-0.39, 0.29) is 42.3 Å². The Balaban J connectivity index is 2.71. The van der Waals surface area contributed by atoms with Crippen LogP contribution in [0, 0.1) is 11.3 Å². The minimum absolute atomic E-state index is 0.0263. The number of ketones is 1. The lowest BCUT2D eigenvalue weighted by Crippen LogP contribution is -2.48. The molecule has 0 spiro atoms. The number of piperidine rings is 1. The van der Waals surface area contributed by atoms with Crippen LogP contribution in [-0.2, 0) is 19.1 Å². The van der Waals surface area contributed by atoms with Crippen LogP contribution in [0.2, 0.25) is 0 Å². The minimum Gasteiger partial charge on any atom is -0.466 e. The van der Waals surface area contributed by atoms with Crippen molar-refractivity contribution in [3.63, 3.8) is 0 Å². The van der Waals surface area contributed by atoms with Crippen molar-refractivity contribution in [3.05, 3.63) is 0 Å². The van der Waals surface area contributed by atoms with Gasteiger partial charge in [-0.2, -0.15) is 0 Å². The Labute approximate surface area is 144 Å². The molecule has 0 aromatic heterocycles. The first-order valence-corrected chi connectivity index (χ1v) is 8.71. The second-order valence-electron chi connectivity index (χ2n) is 7.59. The summed E-state index contributed by atoms with van der Waals surface area (Å²) in [6.45, 7) is 8.95. The van der Waals surface area contributed by atoms with Gasteiger partial charge in [0.2, 0.25) is 0 Å². The SMILES string of the molecule is CCOC(=O)CC(=O)[C@H]1CCN(C(=O)OC)[C@@H](CCC(C)(C)C)C1. The number of amides is 1. The highest BCUT2D eigenvalue weighted by molar-refractivity contribution is 5.96. The van der Waals surface area contributed by atoms with Crippen molar-refractivity contribution in [1.29, 1.82) is 0 Å². The Kier molecular flexibility index (Phi) is 7.70. The number of likely N-dealkylation sites (tertiary alicyclic amines) is 1. The lowest BCUT2D eigenvalue weighted by Gasteiger charge is -2.39. The molecule has 24 heavy (non-hydrogen) atoms. The number of Topliss-reactive ketones (excluding diaryl/α,β-unsaturated/α-hetero) is 1. The van der Waals surface area contributed by atoms with E-state index in [1.807, 2.05) is 0 Å². The van der Waals surface area contributed by atoms with Gasteiger partial charge >= 0.3 is 12.1 Å². The summed E-state index contributed by atoms with van der Waals surface area (Å²) in [5.41, 5.74) is 0.156. The summed E-state index contributed by atoms with van der Waals surface area (Å²) in [6.07, 6.45) is 2.40. The molecule has 1 heterocycles. The first-order valence-electron chi connectivity index (χ1n) is 8.71. The van der Waals surface area contributed by atoms with E-state index in [0.717, 1.165) is 12.8 Å². The first-order chi connectivity index (χ1) is 11.2. The molecule has 0 N–H and O–H groups in total. The van der Waals surface area contributed by atoms with E-state index in [4.69, 9.17) is 9.47 Å². The standard InChI is InChI=1S/C18H31NO5/c1-6-24-16(21)12-15(20)13-8-10-19(17(22)23-5)14(11-13)7-9-18(2,3)4/h13-14H,6-12H2,1-5H3/t13-,14-/m0/s1. The predicted octanol–water partition coefficient (Wildman–Crippen LogP) is 3.18. The van der Waals surface area contributed by atoms with Crippen LogP contribution in [0.1, 0.15) is 59.8 Å². The average Bonchev–Trinajstić information content (AvgIpc) is 2.51. The topological polar surface area (TPSA) is 72.9 Å². The van der Waals surface area contributed by atoms with Crippen LogP contribution in [0.4, 0.5) is 4.79 Å². The Morgan fingerprint density at radius 2 is 1.88 bits per heavy atom. The molecule has 1 aliphatic heterocycles. The zero-order valence-corrected chi connectivity index (χ0v) is 15.6. The molecule has 1 amide bonds. The summed E-state index contributed by atoms with van der Waals surface area (Å²) >= 11 is 0. The van der Waals surface area contributed by atoms with Gasteiger partial charge in [0.05, 0.1) is 13.7 Å². The monoisotopic (exact) mass is 341 g/mol. The van der Waals surface area contributed by atoms with Crippen LogP contribution in [0.15, 0.2) is 0 Å². The third kappa shape index (κ3) is 6.49. The molecule has 1 rings (SSSR count). The van der Waals surface area contributed by atoms with Gasteiger partial charge in [0.25, 0.3) is 0 Å². The Bertz CT molecular complexity index is 455. The molecule has 0 aromatic carbocycles. The van der Waals surface area contributed by atoms with Crippen LogP contribution in [0.5, 0.6) is 0 Å². The van der Waals surface area contributed by atoms with E-state index in [1.165, 1.54) is 7.11 Å². The second kappa shape index (κ2) is 9.04. The summed E-state index contributed by atoms with van der Waals surface area (Å²) in [6, 6.07) is -0.0263. The van der Waals surface area contributed by atoms with Gasteiger partial charge in [-0.05, 0) is 38.0 Å². The number of rotatable bonds is 6. The highest BCUT2D eigenvalue weighted by Gasteiger charge is 2.36. The molecule has 0 unspecified atom stereocenters. The summed E-state index contributed by atoms with van der Waals surface area (Å²) in [4.78, 5) is 37.6. The molecule has 0 saturated carbocycles. The fraction of sp³-hybridized carbons (Fsp3) is 0.833. The summed E-state index contributed by atoms with van der Waals surface area (Å²) in [7, 11) is 1.38. The Morgan fingerprint density at radius 1 is 1.21 bits per heavy atom. The molecule has 0 bridgehead atoms. The van der Waals surface area contributed by atoms with Crippen LogP contribution in [0.25, 0.3) is 0 Å². The molecular weight excluding hydrogens is 310 g/mol. The predicted molar refractivity (Wildman–Crippen MR) is 90.6 cm³/mol. The zero-order valence-electron chi connectivity index (χ0n) is 15.6. The lowest BCUT2D eigenvalue weighted by molar-refractivity contribution is -0.146. The van der Waals surface area contributed by atoms with Crippen LogP contribution in [-0.4, -0.2) is 49.0 Å². The third-order valence-electron chi connectivity index (χ3n) is 4.43. The number of carbonyl (C=O) groups excluding carboxylic acids is 3. The van der Waals surface area contributed by atoms with Crippen molar-refractivity contribution in [1.82, 2.24) is 4.90 Å². The zero-order chi connectivity index (χ0) is 18.3. The van der Waals surface area contributed by atoms with Gasteiger partial charge in [-0.25, -0.2) is 4.79 Å². The van der Waals surface area contributed by atoms with Crippen molar-refractivity contribution in [2.75, 3.05) is 20.3 Å². The molecule has 0 aliphatic carbocycles. The van der Waals surface area contributed by atoms with E-state index in [1.54, 1.807) is 11.8 Å². The maximum atomic E-state index is 12.3. The highest BCUT2D eigenvalue weighted by Crippen LogP contribution is 2.31. The van der Waals surface area contributed by atoms with Crippen LogP contribution < -0.4 is 0 Å². The molecule has 6 heteroatoms. The van der Waals surface area contributed by atoms with E-state index < -0.39 is 5.97 Å². The molecule has 1 fully saturated rings. The van der Waals surface area contributed by atoms with Crippen molar-refractivity contribution >= 4 is 17.8 Å². The third-order valence-corrected chi connectivity index (χ3v) is 4.43. The van der Waals surface area contributed by atoms with Gasteiger partial charge in [-0.1, -0.05) is 20.8 Å². The van der Waals surface area contributed by atoms with Gasteiger partial charge < -0.3 is 14.4 Å². The number of hydrogen-bond donors (Lipinski definition) is 0. The van der Waals surface area contributed by atoms with Gasteiger partial charge in [0.15, 0.2) is 0 Å². The van der Waals surface area contributed by atoms with E-state index in [9.17, 15) is 14.4 Å². The second-order valence-corrected chi connectivity index (χ2v) is 7.59. The molecule has 138 valence electrons. The Hall–Kier alpha value is -1.59. The summed E-state index contributed by atoms with van der Waals surface area (Å²) in [5, 5.41) is 0. The van der Waals surface area contributed by atoms with Crippen molar-refractivity contribution in [2.24, 2.45) is 11.3 Å². The first kappa shape index (κ1) is 20.5. The minimum atomic E-state index is -0.468. The van der Waals surface area contributed by atoms with Crippen LogP contribution in [0.3, 0.4) is 0 Å². The smallest absolute Gasteiger partial charge is 0.409 e. The van der Waals surface area contributed by atoms with Crippen LogP contribution >= 0.6 is 0 Å². The largest absolute Gasteiger partial charge is 0.466 e. The normalized spacial score (nSPS) is 21.3. The summed E-state index contributed by atoms with van der Waals surface area (Å²) < 4.78 is 9.73. The van der Waals surface area contributed by atoms with E-state index in [0.29, 0.717) is 19.4 Å². The maximum absolute atomic E-state index is 12.3. The highest BCUT2D eigenvalue weighted by atomic mass is 16.5. The van der Waals surface area contributed by atoms with E-state index in [2.05, 4.69) is 20.8 Å². The van der Waals surface area contributed by atoms with Gasteiger partial charge in [-0.15, -0.1) is 0 Å². The average molecular weight is 341 g/mol. The van der Waals surface area contributed by atoms with E-state index >= 15 is 0 Å². The summed E-state index contributed by atoms with van der Waals surface area (Å²) in [5.74, 6) is -0.747. The van der Waals surface area contributed by atoms with Gasteiger partial charge in [0.1, 0.15) is 12.2 Å². The van der Waals surface area contributed by atoms with Gasteiger partial charge in [-0.3, -0.25) is 9.59 Å². The number of esters is 1. The van der Waals surface area contributed by atoms with Crippen molar-refractivity contribution < 1.29 is 23.9 Å². The van der Waals surface area contributed by atoms with Crippen molar-refractivity contribution in [2.45, 2.75) is 65.8 Å². The molecule has 1 aliphatic rings. The number of methoxy groups -OCH3 is 1. The number of carbonyl (C=O) groups is 3. The van der Waals surface area contributed by atoms with Gasteiger partial charge in [0, 0.05) is 18.5 Å². The lowest BCUT2D eigenvalue weighted by atomic mass is 9.81. The molecule has 1 saturated heterocycles. The molecule has 0 aromatic rings. The number of ether oxygens (including phenoxy) is 2. The maximum Gasteiger partial charge on any atom is 0.409 e. The molecule has 6 nitrogen and oxygen atoms in total. The fourth-order valence-corrected chi connectivity index (χ4v) is 3.07. The molecular formula is C18H31NO5.